The van der Waals surface area contributed by atoms with Crippen molar-refractivity contribution in [1.29, 1.82) is 0 Å². The Kier molecular flexibility index (Phi) is 2.62. The third-order valence-electron chi connectivity index (χ3n) is 1.19. The van der Waals surface area contributed by atoms with E-state index in [2.05, 4.69) is 4.98 Å². The predicted octanol–water partition coefficient (Wildman–Crippen LogP) is 2.18. The van der Waals surface area contributed by atoms with E-state index in [-0.39, 0.29) is 5.88 Å². The van der Waals surface area contributed by atoms with Gasteiger partial charge in [0, 0.05) is 6.20 Å². The molecule has 0 aliphatic heterocycles. The lowest BCUT2D eigenvalue weighted by Crippen LogP contribution is -2.16. The van der Waals surface area contributed by atoms with Crippen LogP contribution >= 0.6 is 11.6 Å². The van der Waals surface area contributed by atoms with Crippen LogP contribution in [0.25, 0.3) is 0 Å². The molecule has 0 saturated heterocycles. The SMILES string of the molecule is FC(F)(F)Cn1cnc(CCl)c1. The van der Waals surface area contributed by atoms with Crippen LogP contribution in [-0.4, -0.2) is 15.7 Å². The molecule has 0 aliphatic rings. The molecule has 12 heavy (non-hydrogen) atoms. The molecule has 0 atom stereocenters. The summed E-state index contributed by atoms with van der Waals surface area (Å²) in [5.74, 6) is 0.130. The molecule has 0 aromatic carbocycles. The van der Waals surface area contributed by atoms with E-state index in [0.29, 0.717) is 5.69 Å². The lowest BCUT2D eigenvalue weighted by Gasteiger charge is -2.05. The van der Waals surface area contributed by atoms with E-state index in [1.54, 1.807) is 0 Å². The first-order chi connectivity index (χ1) is 5.51. The van der Waals surface area contributed by atoms with Gasteiger partial charge in [0.05, 0.1) is 17.9 Å². The fraction of sp³-hybridized carbons (Fsp3) is 0.500. The van der Waals surface area contributed by atoms with Crippen LogP contribution in [-0.2, 0) is 12.4 Å². The fourth-order valence-corrected chi connectivity index (χ4v) is 0.907. The van der Waals surface area contributed by atoms with E-state index in [9.17, 15) is 13.2 Å². The second-order valence-corrected chi connectivity index (χ2v) is 2.55. The molecule has 0 amide bonds. The summed E-state index contributed by atoms with van der Waals surface area (Å²) in [6.45, 7) is -1.02. The molecule has 6 heteroatoms. The van der Waals surface area contributed by atoms with Gasteiger partial charge in [-0.15, -0.1) is 11.6 Å². The number of alkyl halides is 4. The number of nitrogens with zero attached hydrogens (tertiary/aromatic N) is 2. The van der Waals surface area contributed by atoms with Crippen molar-refractivity contribution in [3.63, 3.8) is 0 Å². The zero-order chi connectivity index (χ0) is 9.19. The summed E-state index contributed by atoms with van der Waals surface area (Å²) in [5, 5.41) is 0. The Morgan fingerprint density at radius 2 is 2.17 bits per heavy atom. The average Bonchev–Trinajstić information content (AvgIpc) is 2.32. The molecule has 1 aromatic rings. The highest BCUT2D eigenvalue weighted by atomic mass is 35.5. The van der Waals surface area contributed by atoms with Crippen molar-refractivity contribution in [2.75, 3.05) is 0 Å². The molecule has 1 heterocycles. The standard InChI is InChI=1S/C6H6ClF3N2/c7-1-5-2-12(4-11-5)3-6(8,9)10/h2,4H,1,3H2. The summed E-state index contributed by atoms with van der Waals surface area (Å²) in [5.41, 5.74) is 0.445. The Morgan fingerprint density at radius 1 is 1.50 bits per heavy atom. The van der Waals surface area contributed by atoms with Gasteiger partial charge in [0.15, 0.2) is 0 Å². The minimum Gasteiger partial charge on any atom is -0.328 e. The maximum absolute atomic E-state index is 11.8. The Bertz CT molecular complexity index is 256. The normalized spacial score (nSPS) is 12.0. The van der Waals surface area contributed by atoms with Crippen molar-refractivity contribution in [2.24, 2.45) is 0 Å². The van der Waals surface area contributed by atoms with E-state index < -0.39 is 12.7 Å². The van der Waals surface area contributed by atoms with Crippen LogP contribution in [0.5, 0.6) is 0 Å². The maximum atomic E-state index is 11.8. The number of rotatable bonds is 2. The van der Waals surface area contributed by atoms with Gasteiger partial charge in [-0.3, -0.25) is 0 Å². The smallest absolute Gasteiger partial charge is 0.328 e. The number of imidazole rings is 1. The number of aromatic nitrogens is 2. The summed E-state index contributed by atoms with van der Waals surface area (Å²) in [6, 6.07) is 0. The molecular weight excluding hydrogens is 193 g/mol. The van der Waals surface area contributed by atoms with E-state index in [0.717, 1.165) is 10.9 Å². The minimum atomic E-state index is -4.20. The number of hydrogen-bond donors (Lipinski definition) is 0. The third-order valence-corrected chi connectivity index (χ3v) is 1.46. The largest absolute Gasteiger partial charge is 0.406 e. The van der Waals surface area contributed by atoms with Crippen LogP contribution in [0.3, 0.4) is 0 Å². The third kappa shape index (κ3) is 2.73. The molecule has 0 fully saturated rings. The van der Waals surface area contributed by atoms with Crippen LogP contribution in [0.1, 0.15) is 5.69 Å². The molecule has 0 spiro atoms. The van der Waals surface area contributed by atoms with Crippen LogP contribution < -0.4 is 0 Å². The highest BCUT2D eigenvalue weighted by Crippen LogP contribution is 2.17. The van der Waals surface area contributed by atoms with Gasteiger partial charge in [-0.05, 0) is 0 Å². The first kappa shape index (κ1) is 9.38. The fourth-order valence-electron chi connectivity index (χ4n) is 0.769. The molecule has 0 unspecified atom stereocenters. The van der Waals surface area contributed by atoms with E-state index in [1.165, 1.54) is 6.20 Å². The molecule has 0 radical (unpaired) electrons. The first-order valence-electron chi connectivity index (χ1n) is 3.14. The zero-order valence-corrected chi connectivity index (χ0v) is 6.73. The summed E-state index contributed by atoms with van der Waals surface area (Å²) >= 11 is 5.35. The second-order valence-electron chi connectivity index (χ2n) is 2.29. The molecule has 0 N–H and O–H groups in total. The lowest BCUT2D eigenvalue weighted by molar-refractivity contribution is -0.140. The van der Waals surface area contributed by atoms with Crippen molar-refractivity contribution < 1.29 is 13.2 Å². The molecule has 2 nitrogen and oxygen atoms in total. The Morgan fingerprint density at radius 3 is 2.58 bits per heavy atom. The topological polar surface area (TPSA) is 17.8 Å². The van der Waals surface area contributed by atoms with E-state index >= 15 is 0 Å². The van der Waals surface area contributed by atoms with E-state index in [1.807, 2.05) is 0 Å². The summed E-state index contributed by atoms with van der Waals surface area (Å²) in [6.07, 6.45) is -1.81. The van der Waals surface area contributed by atoms with Gasteiger partial charge in [-0.1, -0.05) is 0 Å². The van der Waals surface area contributed by atoms with Crippen LogP contribution in [0, 0.1) is 0 Å². The van der Waals surface area contributed by atoms with Gasteiger partial charge in [0.1, 0.15) is 6.54 Å². The van der Waals surface area contributed by atoms with Crippen LogP contribution in [0.15, 0.2) is 12.5 Å². The van der Waals surface area contributed by atoms with E-state index in [4.69, 9.17) is 11.6 Å². The average molecular weight is 199 g/mol. The Hall–Kier alpha value is -0.710. The molecule has 0 saturated carbocycles. The highest BCUT2D eigenvalue weighted by Gasteiger charge is 2.27. The van der Waals surface area contributed by atoms with Crippen molar-refractivity contribution in [3.8, 4) is 0 Å². The minimum absolute atomic E-state index is 0.130. The van der Waals surface area contributed by atoms with Gasteiger partial charge in [0.2, 0.25) is 0 Å². The van der Waals surface area contributed by atoms with Crippen molar-refractivity contribution >= 4 is 11.6 Å². The second kappa shape index (κ2) is 3.35. The van der Waals surface area contributed by atoms with Gasteiger partial charge < -0.3 is 4.57 Å². The predicted molar refractivity (Wildman–Crippen MR) is 37.8 cm³/mol. The first-order valence-corrected chi connectivity index (χ1v) is 3.68. The Balaban J connectivity index is 2.64. The van der Waals surface area contributed by atoms with Gasteiger partial charge in [-0.2, -0.15) is 13.2 Å². The van der Waals surface area contributed by atoms with Crippen molar-refractivity contribution in [1.82, 2.24) is 9.55 Å². The summed E-state index contributed by atoms with van der Waals surface area (Å²) in [7, 11) is 0. The van der Waals surface area contributed by atoms with Crippen molar-refractivity contribution in [2.45, 2.75) is 18.6 Å². The van der Waals surface area contributed by atoms with Gasteiger partial charge in [-0.25, -0.2) is 4.98 Å². The molecule has 68 valence electrons. The van der Waals surface area contributed by atoms with Gasteiger partial charge in [0.25, 0.3) is 0 Å². The summed E-state index contributed by atoms with van der Waals surface area (Å²) < 4.78 is 36.3. The van der Waals surface area contributed by atoms with Crippen LogP contribution in [0.2, 0.25) is 0 Å². The van der Waals surface area contributed by atoms with Crippen LogP contribution in [0.4, 0.5) is 13.2 Å². The maximum Gasteiger partial charge on any atom is 0.406 e. The Labute approximate surface area is 72.0 Å². The molecule has 0 aliphatic carbocycles. The monoisotopic (exact) mass is 198 g/mol. The quantitative estimate of drug-likeness (QED) is 0.666. The molecule has 0 bridgehead atoms. The van der Waals surface area contributed by atoms with Crippen molar-refractivity contribution in [3.05, 3.63) is 18.2 Å². The summed E-state index contributed by atoms with van der Waals surface area (Å²) in [4.78, 5) is 3.65. The number of hydrogen-bond acceptors (Lipinski definition) is 1. The molecular formula is C6H6ClF3N2. The molecule has 1 aromatic heterocycles. The zero-order valence-electron chi connectivity index (χ0n) is 5.98. The lowest BCUT2D eigenvalue weighted by atomic mass is 10.5. The molecule has 1 rings (SSSR count). The number of halogens is 4. The highest BCUT2D eigenvalue weighted by molar-refractivity contribution is 6.16. The van der Waals surface area contributed by atoms with Gasteiger partial charge >= 0.3 is 6.18 Å².